The molecule has 0 aromatic carbocycles. The van der Waals surface area contributed by atoms with Crippen molar-refractivity contribution in [3.63, 3.8) is 0 Å². The Morgan fingerprint density at radius 1 is 1.48 bits per heavy atom. The van der Waals surface area contributed by atoms with E-state index in [0.717, 1.165) is 31.9 Å². The molecule has 1 aliphatic heterocycles. The van der Waals surface area contributed by atoms with Gasteiger partial charge in [0, 0.05) is 25.7 Å². The lowest BCUT2D eigenvalue weighted by atomic mass is 9.81. The van der Waals surface area contributed by atoms with Gasteiger partial charge < -0.3 is 19.5 Å². The van der Waals surface area contributed by atoms with E-state index < -0.39 is 13.0 Å². The van der Waals surface area contributed by atoms with Crippen molar-refractivity contribution >= 4 is 18.8 Å². The first-order valence-electron chi connectivity index (χ1n) is 7.16. The zero-order chi connectivity index (χ0) is 15.4. The van der Waals surface area contributed by atoms with E-state index in [0.29, 0.717) is 0 Å². The summed E-state index contributed by atoms with van der Waals surface area (Å²) in [7, 11) is 0.879. The number of methoxy groups -OCH3 is 1. The fourth-order valence-corrected chi connectivity index (χ4v) is 2.63. The van der Waals surface area contributed by atoms with Crippen molar-refractivity contribution in [3.05, 3.63) is 18.1 Å². The molecule has 7 nitrogen and oxygen atoms in total. The Balaban J connectivity index is 2.07. The average molecular weight is 292 g/mol. The Bertz CT molecular complexity index is 483. The molecule has 114 valence electrons. The van der Waals surface area contributed by atoms with Gasteiger partial charge >= 0.3 is 13.0 Å². The number of carbonyl (C=O) groups excluding carboxylic acids is 1. The van der Waals surface area contributed by atoms with E-state index in [4.69, 9.17) is 0 Å². The summed E-state index contributed by atoms with van der Waals surface area (Å²) in [5, 5.41) is 9.79. The van der Waals surface area contributed by atoms with Crippen LogP contribution < -0.4 is 4.90 Å². The first kappa shape index (κ1) is 15.7. The number of ether oxygens (including phenoxy) is 1. The molecular weight excluding hydrogens is 271 g/mol. The predicted octanol–water partition coefficient (Wildman–Crippen LogP) is 0.274. The van der Waals surface area contributed by atoms with Crippen LogP contribution in [-0.4, -0.2) is 65.6 Å². The molecule has 0 aliphatic carbocycles. The van der Waals surface area contributed by atoms with Crippen LogP contribution in [-0.2, 0) is 4.74 Å². The number of rotatable bonds is 4. The second kappa shape index (κ2) is 6.86. The topological polar surface area (TPSA) is 78.8 Å². The first-order chi connectivity index (χ1) is 10.1. The van der Waals surface area contributed by atoms with E-state index >= 15 is 0 Å². The van der Waals surface area contributed by atoms with Crippen LogP contribution in [0.3, 0.4) is 0 Å². The lowest BCUT2D eigenvalue weighted by Crippen LogP contribution is -2.57. The van der Waals surface area contributed by atoms with Crippen LogP contribution in [0.25, 0.3) is 0 Å². The summed E-state index contributed by atoms with van der Waals surface area (Å²) in [6, 6.07) is 0.279. The summed E-state index contributed by atoms with van der Waals surface area (Å²) >= 11 is 0. The van der Waals surface area contributed by atoms with Gasteiger partial charge in [-0.3, -0.25) is 0 Å². The molecule has 1 aliphatic rings. The van der Waals surface area contributed by atoms with Crippen LogP contribution in [0.1, 0.15) is 23.8 Å². The minimum atomic E-state index is -0.487. The van der Waals surface area contributed by atoms with Gasteiger partial charge in [-0.2, -0.15) is 0 Å². The summed E-state index contributed by atoms with van der Waals surface area (Å²) in [4.78, 5) is 23.9. The van der Waals surface area contributed by atoms with Gasteiger partial charge in [-0.05, 0) is 13.2 Å². The Kier molecular flexibility index (Phi) is 5.14. The summed E-state index contributed by atoms with van der Waals surface area (Å²) in [6.45, 7) is 6.23. The summed E-state index contributed by atoms with van der Waals surface area (Å²) in [6.07, 6.45) is 3.98. The molecule has 0 radical (unpaired) electrons. The highest BCUT2D eigenvalue weighted by molar-refractivity contribution is 6.45. The number of hydrogen-bond acceptors (Lipinski definition) is 7. The highest BCUT2D eigenvalue weighted by atomic mass is 16.5. The third kappa shape index (κ3) is 3.51. The lowest BCUT2D eigenvalue weighted by Gasteiger charge is -2.42. The highest BCUT2D eigenvalue weighted by Gasteiger charge is 2.30. The zero-order valence-corrected chi connectivity index (χ0v) is 12.7. The maximum Gasteiger partial charge on any atom is 0.376 e. The van der Waals surface area contributed by atoms with Crippen molar-refractivity contribution in [2.45, 2.75) is 26.2 Å². The third-order valence-electron chi connectivity index (χ3n) is 3.84. The first-order valence-corrected chi connectivity index (χ1v) is 7.16. The zero-order valence-electron chi connectivity index (χ0n) is 12.7. The number of piperazine rings is 1. The van der Waals surface area contributed by atoms with Crippen molar-refractivity contribution < 1.29 is 14.6 Å². The summed E-state index contributed by atoms with van der Waals surface area (Å²) in [5.41, 5.74) is 0.205. The van der Waals surface area contributed by atoms with E-state index in [-0.39, 0.29) is 11.7 Å². The Morgan fingerprint density at radius 2 is 2.24 bits per heavy atom. The summed E-state index contributed by atoms with van der Waals surface area (Å²) < 4.78 is 4.61. The lowest BCUT2D eigenvalue weighted by molar-refractivity contribution is 0.0593. The molecule has 0 amide bonds. The summed E-state index contributed by atoms with van der Waals surface area (Å²) in [5.74, 6) is 0.255. The molecule has 1 atom stereocenters. The van der Waals surface area contributed by atoms with Gasteiger partial charge in [-0.25, -0.2) is 14.8 Å². The van der Waals surface area contributed by atoms with Gasteiger partial charge in [0.2, 0.25) is 0 Å². The Morgan fingerprint density at radius 3 is 2.76 bits per heavy atom. The number of aromatic nitrogens is 2. The Labute approximate surface area is 125 Å². The number of carbonyl (C=O) groups is 1. The van der Waals surface area contributed by atoms with E-state index in [1.54, 1.807) is 13.0 Å². The van der Waals surface area contributed by atoms with Crippen LogP contribution in [0, 0.1) is 0 Å². The monoisotopic (exact) mass is 292 g/mol. The van der Waals surface area contributed by atoms with Crippen LogP contribution >= 0.6 is 0 Å². The quantitative estimate of drug-likeness (QED) is 0.630. The fourth-order valence-electron chi connectivity index (χ4n) is 2.63. The van der Waals surface area contributed by atoms with Crippen molar-refractivity contribution in [1.82, 2.24) is 14.8 Å². The molecule has 1 saturated heterocycles. The number of hydrogen-bond donors (Lipinski definition) is 1. The molecule has 2 rings (SSSR count). The number of anilines is 1. The third-order valence-corrected chi connectivity index (χ3v) is 3.84. The standard InChI is InChI=1S/C13H21BN4O3/c1-4-10-9-17(5-6-18(10)14(2)20)12-8-15-11(7-16-12)13(19)21-3/h7-8,10,20H,4-6,9H2,1-3H3/t10-/m0/s1. The maximum absolute atomic E-state index is 11.3. The van der Waals surface area contributed by atoms with E-state index in [9.17, 15) is 9.82 Å². The number of nitrogens with zero attached hydrogens (tertiary/aromatic N) is 4. The SMILES string of the molecule is CC[C@H]1CN(c2cnc(C(=O)OC)cn2)CCN1B(C)O. The van der Waals surface area contributed by atoms with Crippen molar-refractivity contribution in [3.8, 4) is 0 Å². The van der Waals surface area contributed by atoms with Crippen molar-refractivity contribution in [2.75, 3.05) is 31.6 Å². The Hall–Kier alpha value is -1.67. The molecule has 21 heavy (non-hydrogen) atoms. The minimum Gasteiger partial charge on any atom is -0.464 e. The predicted molar refractivity (Wildman–Crippen MR) is 80.2 cm³/mol. The van der Waals surface area contributed by atoms with E-state index in [2.05, 4.69) is 31.3 Å². The molecule has 1 aromatic heterocycles. The number of esters is 1. The highest BCUT2D eigenvalue weighted by Crippen LogP contribution is 2.18. The molecule has 1 fully saturated rings. The smallest absolute Gasteiger partial charge is 0.376 e. The largest absolute Gasteiger partial charge is 0.464 e. The van der Waals surface area contributed by atoms with Crippen LogP contribution in [0.5, 0.6) is 0 Å². The van der Waals surface area contributed by atoms with E-state index in [1.807, 2.05) is 0 Å². The van der Waals surface area contributed by atoms with Crippen molar-refractivity contribution in [2.24, 2.45) is 0 Å². The van der Waals surface area contributed by atoms with Gasteiger partial charge in [0.05, 0.1) is 19.5 Å². The normalized spacial score (nSPS) is 19.4. The molecule has 0 bridgehead atoms. The molecule has 1 aromatic rings. The van der Waals surface area contributed by atoms with Gasteiger partial charge in [-0.15, -0.1) is 0 Å². The van der Waals surface area contributed by atoms with Gasteiger partial charge in [0.25, 0.3) is 0 Å². The molecule has 0 spiro atoms. The van der Waals surface area contributed by atoms with Gasteiger partial charge in [0.1, 0.15) is 5.82 Å². The van der Waals surface area contributed by atoms with Crippen LogP contribution in [0.2, 0.25) is 6.82 Å². The van der Waals surface area contributed by atoms with Gasteiger partial charge in [-0.1, -0.05) is 6.92 Å². The van der Waals surface area contributed by atoms with Crippen LogP contribution in [0.15, 0.2) is 12.4 Å². The molecule has 0 saturated carbocycles. The second-order valence-corrected chi connectivity index (χ2v) is 5.13. The maximum atomic E-state index is 11.3. The van der Waals surface area contributed by atoms with Crippen LogP contribution in [0.4, 0.5) is 5.82 Å². The second-order valence-electron chi connectivity index (χ2n) is 5.13. The van der Waals surface area contributed by atoms with E-state index in [1.165, 1.54) is 13.3 Å². The molecule has 2 heterocycles. The average Bonchev–Trinajstić information content (AvgIpc) is 2.53. The molecule has 8 heteroatoms. The molecule has 1 N–H and O–H groups in total. The van der Waals surface area contributed by atoms with Gasteiger partial charge in [0.15, 0.2) is 5.69 Å². The van der Waals surface area contributed by atoms with Crippen molar-refractivity contribution in [1.29, 1.82) is 0 Å². The molecule has 0 unspecified atom stereocenters. The minimum absolute atomic E-state index is 0.205. The fraction of sp³-hybridized carbons (Fsp3) is 0.615. The molecular formula is C13H21BN4O3.